The fraction of sp³-hybridized carbons (Fsp3) is 0.462. The van der Waals surface area contributed by atoms with Gasteiger partial charge in [0.05, 0.1) is 12.6 Å². The molecule has 108 valence electrons. The number of nitrogen functional groups attached to an aromatic ring is 1. The number of thiophene rings is 1. The Hall–Kier alpha value is -1.89. The summed E-state index contributed by atoms with van der Waals surface area (Å²) in [7, 11) is 0. The van der Waals surface area contributed by atoms with E-state index < -0.39 is 0 Å². The van der Waals surface area contributed by atoms with Crippen molar-refractivity contribution in [2.24, 2.45) is 0 Å². The van der Waals surface area contributed by atoms with Gasteiger partial charge >= 0.3 is 6.01 Å². The lowest BCUT2D eigenvalue weighted by atomic mass is 10.1. The molecule has 0 aromatic carbocycles. The first kappa shape index (κ1) is 14.5. The van der Waals surface area contributed by atoms with Crippen LogP contribution in [0.3, 0.4) is 0 Å². The zero-order valence-electron chi connectivity index (χ0n) is 11.7. The van der Waals surface area contributed by atoms with Crippen molar-refractivity contribution in [1.82, 2.24) is 15.0 Å². The second-order valence-electron chi connectivity index (χ2n) is 4.23. The molecule has 2 rings (SSSR count). The van der Waals surface area contributed by atoms with Crippen molar-refractivity contribution in [3.8, 4) is 6.01 Å². The third kappa shape index (κ3) is 3.80. The predicted octanol–water partition coefficient (Wildman–Crippen LogP) is 2.87. The normalized spacial score (nSPS) is 12.1. The van der Waals surface area contributed by atoms with Gasteiger partial charge in [-0.05, 0) is 24.8 Å². The monoisotopic (exact) mass is 293 g/mol. The third-order valence-electron chi connectivity index (χ3n) is 2.67. The van der Waals surface area contributed by atoms with E-state index in [2.05, 4.69) is 38.6 Å². The molecule has 1 atom stereocenters. The third-order valence-corrected chi connectivity index (χ3v) is 3.66. The first-order chi connectivity index (χ1) is 9.72. The molecule has 2 aromatic heterocycles. The minimum Gasteiger partial charge on any atom is -0.464 e. The second kappa shape index (κ2) is 7.04. The number of hydrogen-bond acceptors (Lipinski definition) is 7. The van der Waals surface area contributed by atoms with Crippen molar-refractivity contribution in [2.45, 2.75) is 32.7 Å². The van der Waals surface area contributed by atoms with Gasteiger partial charge in [0.1, 0.15) is 0 Å². The minimum atomic E-state index is 0.160. The molecule has 0 aliphatic carbocycles. The second-order valence-corrected chi connectivity index (χ2v) is 5.21. The number of nitrogens with two attached hydrogens (primary N) is 1. The summed E-state index contributed by atoms with van der Waals surface area (Å²) < 4.78 is 5.28. The van der Waals surface area contributed by atoms with Crippen molar-refractivity contribution in [3.63, 3.8) is 0 Å². The summed E-state index contributed by atoms with van der Waals surface area (Å²) in [6, 6.07) is 4.57. The number of nitrogens with one attached hydrogen (secondary N) is 1. The van der Waals surface area contributed by atoms with Gasteiger partial charge in [-0.1, -0.05) is 19.4 Å². The van der Waals surface area contributed by atoms with E-state index in [1.165, 1.54) is 4.88 Å². The van der Waals surface area contributed by atoms with Gasteiger partial charge in [0.15, 0.2) is 0 Å². The van der Waals surface area contributed by atoms with Crippen LogP contribution >= 0.6 is 11.3 Å². The zero-order chi connectivity index (χ0) is 14.4. The van der Waals surface area contributed by atoms with Crippen LogP contribution in [0.5, 0.6) is 6.01 Å². The first-order valence-electron chi connectivity index (χ1n) is 6.67. The highest BCUT2D eigenvalue weighted by atomic mass is 32.1. The van der Waals surface area contributed by atoms with Crippen LogP contribution in [0.2, 0.25) is 0 Å². The van der Waals surface area contributed by atoms with Crippen LogP contribution in [0.4, 0.5) is 11.9 Å². The zero-order valence-corrected chi connectivity index (χ0v) is 12.5. The van der Waals surface area contributed by atoms with Gasteiger partial charge in [0.2, 0.25) is 11.9 Å². The summed E-state index contributed by atoms with van der Waals surface area (Å²) in [5, 5.41) is 5.37. The molecule has 2 aromatic rings. The molecule has 0 aliphatic heterocycles. The Balaban J connectivity index is 2.17. The topological polar surface area (TPSA) is 86.0 Å². The van der Waals surface area contributed by atoms with E-state index >= 15 is 0 Å². The highest BCUT2D eigenvalue weighted by Gasteiger charge is 2.14. The van der Waals surface area contributed by atoms with Crippen molar-refractivity contribution < 1.29 is 4.74 Å². The molecule has 0 amide bonds. The Bertz CT molecular complexity index is 532. The van der Waals surface area contributed by atoms with E-state index in [1.807, 2.05) is 13.0 Å². The number of hydrogen-bond donors (Lipinski definition) is 2. The summed E-state index contributed by atoms with van der Waals surface area (Å²) in [6.07, 6.45) is 2.06. The molecule has 0 spiro atoms. The largest absolute Gasteiger partial charge is 0.464 e. The predicted molar refractivity (Wildman–Crippen MR) is 81.0 cm³/mol. The van der Waals surface area contributed by atoms with Crippen LogP contribution in [-0.4, -0.2) is 21.6 Å². The molecular weight excluding hydrogens is 274 g/mol. The molecule has 0 fully saturated rings. The van der Waals surface area contributed by atoms with E-state index in [1.54, 1.807) is 11.3 Å². The van der Waals surface area contributed by atoms with Gasteiger partial charge < -0.3 is 15.8 Å². The molecule has 0 bridgehead atoms. The average molecular weight is 293 g/mol. The number of rotatable bonds is 7. The van der Waals surface area contributed by atoms with Gasteiger partial charge in [0, 0.05) is 4.88 Å². The van der Waals surface area contributed by atoms with Crippen LogP contribution in [0, 0.1) is 0 Å². The number of ether oxygens (including phenoxy) is 1. The summed E-state index contributed by atoms with van der Waals surface area (Å²) in [4.78, 5) is 13.5. The fourth-order valence-corrected chi connectivity index (χ4v) is 2.66. The molecule has 3 N–H and O–H groups in total. The summed E-state index contributed by atoms with van der Waals surface area (Å²) in [6.45, 7) is 4.51. The van der Waals surface area contributed by atoms with E-state index in [0.29, 0.717) is 12.6 Å². The molecule has 0 radical (unpaired) electrons. The van der Waals surface area contributed by atoms with Crippen LogP contribution < -0.4 is 15.8 Å². The van der Waals surface area contributed by atoms with Gasteiger partial charge in [-0.25, -0.2) is 0 Å². The Morgan fingerprint density at radius 1 is 1.35 bits per heavy atom. The summed E-state index contributed by atoms with van der Waals surface area (Å²) in [5.41, 5.74) is 5.68. The van der Waals surface area contributed by atoms with Crippen molar-refractivity contribution in [2.75, 3.05) is 17.7 Å². The molecule has 0 saturated carbocycles. The maximum Gasteiger partial charge on any atom is 0.323 e. The molecule has 0 saturated heterocycles. The molecule has 6 nitrogen and oxygen atoms in total. The molecule has 1 unspecified atom stereocenters. The quantitative estimate of drug-likeness (QED) is 0.816. The maximum absolute atomic E-state index is 5.68. The van der Waals surface area contributed by atoms with Crippen LogP contribution in [-0.2, 0) is 0 Å². The summed E-state index contributed by atoms with van der Waals surface area (Å²) >= 11 is 1.71. The molecule has 0 aliphatic rings. The number of anilines is 2. The summed E-state index contributed by atoms with van der Waals surface area (Å²) in [5.74, 6) is 0.611. The van der Waals surface area contributed by atoms with E-state index in [9.17, 15) is 0 Å². The highest BCUT2D eigenvalue weighted by Crippen LogP contribution is 2.26. The van der Waals surface area contributed by atoms with E-state index in [4.69, 9.17) is 10.5 Å². The smallest absolute Gasteiger partial charge is 0.323 e. The molecule has 7 heteroatoms. The maximum atomic E-state index is 5.68. The van der Waals surface area contributed by atoms with Crippen molar-refractivity contribution in [3.05, 3.63) is 22.4 Å². The average Bonchev–Trinajstić information content (AvgIpc) is 2.91. The van der Waals surface area contributed by atoms with Crippen molar-refractivity contribution in [1.29, 1.82) is 0 Å². The molecular formula is C13H19N5OS. The lowest BCUT2D eigenvalue weighted by Gasteiger charge is -2.17. The van der Waals surface area contributed by atoms with Gasteiger partial charge in [-0.2, -0.15) is 15.0 Å². The number of aromatic nitrogens is 3. The Labute approximate surface area is 122 Å². The van der Waals surface area contributed by atoms with Crippen molar-refractivity contribution >= 4 is 23.2 Å². The fourth-order valence-electron chi connectivity index (χ4n) is 1.85. The van der Waals surface area contributed by atoms with Crippen LogP contribution in [0.25, 0.3) is 0 Å². The standard InChI is InChI=1S/C13H19N5OS/c1-3-6-9(10-7-5-8-20-10)15-12-16-11(14)17-13(18-12)19-4-2/h5,7-9H,3-4,6H2,1-2H3,(H3,14,15,16,17,18). The van der Waals surface area contributed by atoms with E-state index in [-0.39, 0.29) is 18.0 Å². The van der Waals surface area contributed by atoms with Crippen LogP contribution in [0.1, 0.15) is 37.6 Å². The van der Waals surface area contributed by atoms with E-state index in [0.717, 1.165) is 12.8 Å². The first-order valence-corrected chi connectivity index (χ1v) is 7.55. The minimum absolute atomic E-state index is 0.160. The van der Waals surface area contributed by atoms with Crippen LogP contribution in [0.15, 0.2) is 17.5 Å². The number of nitrogens with zero attached hydrogens (tertiary/aromatic N) is 3. The van der Waals surface area contributed by atoms with Gasteiger partial charge in [0.25, 0.3) is 0 Å². The Kier molecular flexibility index (Phi) is 5.11. The lowest BCUT2D eigenvalue weighted by molar-refractivity contribution is 0.312. The van der Waals surface area contributed by atoms with Gasteiger partial charge in [-0.3, -0.25) is 0 Å². The highest BCUT2D eigenvalue weighted by molar-refractivity contribution is 7.10. The SMILES string of the molecule is CCCC(Nc1nc(N)nc(OCC)n1)c1cccs1. The Morgan fingerprint density at radius 3 is 2.85 bits per heavy atom. The Morgan fingerprint density at radius 2 is 2.20 bits per heavy atom. The molecule has 20 heavy (non-hydrogen) atoms. The lowest BCUT2D eigenvalue weighted by Crippen LogP contribution is -2.14. The van der Waals surface area contributed by atoms with Gasteiger partial charge in [-0.15, -0.1) is 11.3 Å². The molecule has 2 heterocycles.